The van der Waals surface area contributed by atoms with Crippen LogP contribution in [0.25, 0.3) is 0 Å². The summed E-state index contributed by atoms with van der Waals surface area (Å²) in [6, 6.07) is 8.00. The number of amides is 1. The van der Waals surface area contributed by atoms with E-state index in [-0.39, 0.29) is 12.1 Å². The molecule has 1 fully saturated rings. The number of nitrogens with one attached hydrogen (secondary N) is 1. The predicted molar refractivity (Wildman–Crippen MR) is 98.4 cm³/mol. The molecule has 1 saturated heterocycles. The Balaban J connectivity index is 1.92. The number of benzene rings is 1. The number of thiocarbonyl (C=S) groups is 1. The van der Waals surface area contributed by atoms with Crippen molar-refractivity contribution < 1.29 is 14.3 Å². The van der Waals surface area contributed by atoms with Crippen molar-refractivity contribution >= 4 is 23.3 Å². The normalized spacial score (nSPS) is 18.2. The first-order chi connectivity index (χ1) is 11.3. The van der Waals surface area contributed by atoms with Crippen LogP contribution in [0.3, 0.4) is 0 Å². The molecule has 1 N–H and O–H groups in total. The van der Waals surface area contributed by atoms with Crippen molar-refractivity contribution in [2.75, 3.05) is 13.7 Å². The lowest BCUT2D eigenvalue weighted by atomic mass is 10.0. The second-order valence-corrected chi connectivity index (χ2v) is 7.48. The van der Waals surface area contributed by atoms with Crippen molar-refractivity contribution in [3.8, 4) is 5.75 Å². The van der Waals surface area contributed by atoms with Gasteiger partial charge < -0.3 is 19.7 Å². The lowest BCUT2D eigenvalue weighted by molar-refractivity contribution is 0.0491. The molecule has 24 heavy (non-hydrogen) atoms. The molecular formula is C18H26N2O3S. The Morgan fingerprint density at radius 1 is 1.33 bits per heavy atom. The molecule has 0 bridgehead atoms. The maximum Gasteiger partial charge on any atom is 0.407 e. The summed E-state index contributed by atoms with van der Waals surface area (Å²) in [6.45, 7) is 7.01. The van der Waals surface area contributed by atoms with E-state index >= 15 is 0 Å². The first kappa shape index (κ1) is 18.5. The number of methoxy groups -OCH3 is 1. The number of likely N-dealkylation sites (tertiary alicyclic amines) is 1. The number of ether oxygens (including phenoxy) is 2. The number of piperidine rings is 1. The highest BCUT2D eigenvalue weighted by Crippen LogP contribution is 2.19. The van der Waals surface area contributed by atoms with Gasteiger partial charge in [0.2, 0.25) is 0 Å². The topological polar surface area (TPSA) is 50.8 Å². The van der Waals surface area contributed by atoms with Crippen molar-refractivity contribution in [1.29, 1.82) is 0 Å². The van der Waals surface area contributed by atoms with Gasteiger partial charge in [0.15, 0.2) is 0 Å². The van der Waals surface area contributed by atoms with Crippen LogP contribution in [0.1, 0.15) is 39.2 Å². The number of hydrogen-bond acceptors (Lipinski definition) is 4. The molecule has 5 nitrogen and oxygen atoms in total. The smallest absolute Gasteiger partial charge is 0.407 e. The minimum absolute atomic E-state index is 0.0461. The molecule has 1 amide bonds. The molecule has 1 unspecified atom stereocenters. The minimum Gasteiger partial charge on any atom is -0.497 e. The number of carbonyl (C=O) groups excluding carboxylic acids is 1. The van der Waals surface area contributed by atoms with E-state index in [1.54, 1.807) is 7.11 Å². The van der Waals surface area contributed by atoms with Gasteiger partial charge in [0.1, 0.15) is 11.4 Å². The fourth-order valence-corrected chi connectivity index (χ4v) is 2.87. The molecule has 1 heterocycles. The summed E-state index contributed by atoms with van der Waals surface area (Å²) in [7, 11) is 1.65. The SMILES string of the molecule is COc1ccc(CN2CC(NC(=O)OC(C)(C)C)CCC2=S)cc1. The van der Waals surface area contributed by atoms with Gasteiger partial charge in [-0.15, -0.1) is 0 Å². The van der Waals surface area contributed by atoms with Crippen LogP contribution in [0.4, 0.5) is 4.79 Å². The van der Waals surface area contributed by atoms with E-state index in [0.717, 1.165) is 35.7 Å². The second kappa shape index (κ2) is 7.83. The average Bonchev–Trinajstić information content (AvgIpc) is 2.49. The van der Waals surface area contributed by atoms with Crippen molar-refractivity contribution in [3.63, 3.8) is 0 Å². The Bertz CT molecular complexity index is 581. The van der Waals surface area contributed by atoms with Crippen LogP contribution < -0.4 is 10.1 Å². The summed E-state index contributed by atoms with van der Waals surface area (Å²) in [4.78, 5) is 15.0. The summed E-state index contributed by atoms with van der Waals surface area (Å²) < 4.78 is 10.5. The molecule has 1 aromatic rings. The zero-order chi connectivity index (χ0) is 17.7. The van der Waals surface area contributed by atoms with Gasteiger partial charge in [0, 0.05) is 13.1 Å². The second-order valence-electron chi connectivity index (χ2n) is 7.00. The Kier molecular flexibility index (Phi) is 6.04. The maximum atomic E-state index is 11.9. The fraction of sp³-hybridized carbons (Fsp3) is 0.556. The molecule has 1 aromatic carbocycles. The summed E-state index contributed by atoms with van der Waals surface area (Å²) in [5.41, 5.74) is 0.674. The Morgan fingerprint density at radius 2 is 2.00 bits per heavy atom. The minimum atomic E-state index is -0.489. The highest BCUT2D eigenvalue weighted by atomic mass is 32.1. The summed E-state index contributed by atoms with van der Waals surface area (Å²) in [5, 5.41) is 2.95. The molecule has 1 aliphatic heterocycles. The largest absolute Gasteiger partial charge is 0.497 e. The first-order valence-electron chi connectivity index (χ1n) is 8.17. The predicted octanol–water partition coefficient (Wildman–Crippen LogP) is 3.51. The third kappa shape index (κ3) is 5.67. The van der Waals surface area contributed by atoms with Crippen LogP contribution in [-0.4, -0.2) is 41.3 Å². The number of hydrogen-bond donors (Lipinski definition) is 1. The van der Waals surface area contributed by atoms with Crippen LogP contribution in [-0.2, 0) is 11.3 Å². The Morgan fingerprint density at radius 3 is 2.58 bits per heavy atom. The van der Waals surface area contributed by atoms with E-state index in [0.29, 0.717) is 6.54 Å². The third-order valence-corrected chi connectivity index (χ3v) is 4.22. The number of nitrogens with zero attached hydrogens (tertiary/aromatic N) is 1. The summed E-state index contributed by atoms with van der Waals surface area (Å²) >= 11 is 5.49. The average molecular weight is 350 g/mol. The first-order valence-corrected chi connectivity index (χ1v) is 8.58. The van der Waals surface area contributed by atoms with Crippen molar-refractivity contribution in [2.24, 2.45) is 0 Å². The van der Waals surface area contributed by atoms with Gasteiger partial charge in [-0.2, -0.15) is 0 Å². The molecule has 0 radical (unpaired) electrons. The van der Waals surface area contributed by atoms with Gasteiger partial charge in [-0.3, -0.25) is 0 Å². The lowest BCUT2D eigenvalue weighted by Gasteiger charge is -2.35. The van der Waals surface area contributed by atoms with Crippen LogP contribution >= 0.6 is 12.2 Å². The van der Waals surface area contributed by atoms with Gasteiger partial charge in [-0.1, -0.05) is 24.4 Å². The van der Waals surface area contributed by atoms with E-state index in [2.05, 4.69) is 10.2 Å². The fourth-order valence-electron chi connectivity index (χ4n) is 2.61. The quantitative estimate of drug-likeness (QED) is 0.842. The molecule has 0 aliphatic carbocycles. The van der Waals surface area contributed by atoms with Gasteiger partial charge in [-0.05, 0) is 51.3 Å². The van der Waals surface area contributed by atoms with Crippen molar-refractivity contribution in [1.82, 2.24) is 10.2 Å². The zero-order valence-corrected chi connectivity index (χ0v) is 15.6. The molecule has 2 rings (SSSR count). The Hall–Kier alpha value is -1.82. The third-order valence-electron chi connectivity index (χ3n) is 3.75. The maximum absolute atomic E-state index is 11.9. The number of carbonyl (C=O) groups is 1. The molecule has 6 heteroatoms. The summed E-state index contributed by atoms with van der Waals surface area (Å²) in [6.07, 6.45) is 1.27. The molecule has 0 saturated carbocycles. The zero-order valence-electron chi connectivity index (χ0n) is 14.8. The monoisotopic (exact) mass is 350 g/mol. The van der Waals surface area contributed by atoms with Crippen LogP contribution in [0, 0.1) is 0 Å². The lowest BCUT2D eigenvalue weighted by Crippen LogP contribution is -2.50. The van der Waals surface area contributed by atoms with E-state index in [1.165, 1.54) is 0 Å². The molecule has 132 valence electrons. The highest BCUT2D eigenvalue weighted by Gasteiger charge is 2.26. The number of alkyl carbamates (subject to hydrolysis) is 1. The molecule has 1 atom stereocenters. The van der Waals surface area contributed by atoms with E-state index in [9.17, 15) is 4.79 Å². The standard InChI is InChI=1S/C18H26N2O3S/c1-18(2,3)23-17(21)19-14-7-10-16(24)20(12-14)11-13-5-8-15(22-4)9-6-13/h5-6,8-9,14H,7,10-12H2,1-4H3,(H,19,21). The highest BCUT2D eigenvalue weighted by molar-refractivity contribution is 7.80. The summed E-state index contributed by atoms with van der Waals surface area (Å²) in [5.74, 6) is 0.837. The van der Waals surface area contributed by atoms with Gasteiger partial charge in [-0.25, -0.2) is 4.79 Å². The van der Waals surface area contributed by atoms with Gasteiger partial charge in [0.25, 0.3) is 0 Å². The van der Waals surface area contributed by atoms with Crippen molar-refractivity contribution in [2.45, 2.75) is 51.8 Å². The molecular weight excluding hydrogens is 324 g/mol. The van der Waals surface area contributed by atoms with E-state index < -0.39 is 5.60 Å². The molecule has 0 spiro atoms. The number of rotatable bonds is 4. The van der Waals surface area contributed by atoms with Gasteiger partial charge >= 0.3 is 6.09 Å². The van der Waals surface area contributed by atoms with E-state index in [4.69, 9.17) is 21.7 Å². The van der Waals surface area contributed by atoms with Gasteiger partial charge in [0.05, 0.1) is 18.1 Å². The van der Waals surface area contributed by atoms with Crippen LogP contribution in [0.2, 0.25) is 0 Å². The Labute approximate surface area is 149 Å². The van der Waals surface area contributed by atoms with Crippen LogP contribution in [0.5, 0.6) is 5.75 Å². The molecule has 1 aliphatic rings. The molecule has 0 aromatic heterocycles. The van der Waals surface area contributed by atoms with E-state index in [1.807, 2.05) is 45.0 Å². The van der Waals surface area contributed by atoms with Crippen molar-refractivity contribution in [3.05, 3.63) is 29.8 Å². The van der Waals surface area contributed by atoms with Crippen LogP contribution in [0.15, 0.2) is 24.3 Å².